The van der Waals surface area contributed by atoms with Crippen LogP contribution in [0, 0.1) is 0 Å². The van der Waals surface area contributed by atoms with Crippen LogP contribution in [0.25, 0.3) is 0 Å². The molecule has 6 nitrogen and oxygen atoms in total. The van der Waals surface area contributed by atoms with Crippen molar-refractivity contribution in [1.82, 2.24) is 9.97 Å². The zero-order valence-corrected chi connectivity index (χ0v) is 12.0. The lowest BCUT2D eigenvalue weighted by Crippen LogP contribution is -2.05. The number of rotatable bonds is 5. The molecule has 0 saturated carbocycles. The molecule has 0 atom stereocenters. The molecular weight excluding hydrogens is 292 g/mol. The maximum atomic E-state index is 11.4. The van der Waals surface area contributed by atoms with Gasteiger partial charge in [0.15, 0.2) is 5.69 Å². The fraction of sp³-hybridized carbons (Fsp3) is 0.143. The fourth-order valence-corrected chi connectivity index (χ4v) is 2.34. The Morgan fingerprint density at radius 3 is 2.57 bits per heavy atom. The minimum Gasteiger partial charge on any atom is -0.481 e. The molecule has 1 aromatic carbocycles. The first kappa shape index (κ1) is 15.0. The van der Waals surface area contributed by atoms with Crippen LogP contribution in [0.2, 0.25) is 0 Å². The molecule has 0 unspecified atom stereocenters. The number of hydrogen-bond donors (Lipinski definition) is 1. The maximum absolute atomic E-state index is 11.4. The highest BCUT2D eigenvalue weighted by Crippen LogP contribution is 2.25. The first-order chi connectivity index (χ1) is 10.1. The largest absolute Gasteiger partial charge is 0.481 e. The fourth-order valence-electron chi connectivity index (χ4n) is 1.57. The Hall–Kier alpha value is -2.41. The van der Waals surface area contributed by atoms with Gasteiger partial charge in [-0.05, 0) is 17.7 Å². The molecule has 0 radical (unpaired) electrons. The predicted octanol–water partition coefficient (Wildman–Crippen LogP) is 2.04. The number of carboxylic acid groups (broad SMARTS) is 1. The summed E-state index contributed by atoms with van der Waals surface area (Å²) in [5.41, 5.74) is 0.867. The molecule has 1 aromatic heterocycles. The van der Waals surface area contributed by atoms with Crippen molar-refractivity contribution in [2.24, 2.45) is 0 Å². The number of nitrogens with zero attached hydrogens (tertiary/aromatic N) is 2. The Bertz CT molecular complexity index is 658. The van der Waals surface area contributed by atoms with Crippen LogP contribution in [-0.4, -0.2) is 34.1 Å². The topological polar surface area (TPSA) is 89.4 Å². The predicted molar refractivity (Wildman–Crippen MR) is 75.3 cm³/mol. The van der Waals surface area contributed by atoms with Gasteiger partial charge in [-0.1, -0.05) is 23.9 Å². The van der Waals surface area contributed by atoms with Gasteiger partial charge in [-0.15, -0.1) is 0 Å². The van der Waals surface area contributed by atoms with Gasteiger partial charge in [0.2, 0.25) is 0 Å². The Morgan fingerprint density at radius 1 is 1.24 bits per heavy atom. The van der Waals surface area contributed by atoms with Crippen LogP contribution >= 0.6 is 11.8 Å². The molecule has 0 bridgehead atoms. The molecule has 108 valence electrons. The minimum absolute atomic E-state index is 0.0113. The Balaban J connectivity index is 2.11. The molecule has 0 aliphatic carbocycles. The number of hydrogen-bond acceptors (Lipinski definition) is 6. The highest BCUT2D eigenvalue weighted by Gasteiger charge is 2.09. The first-order valence-electron chi connectivity index (χ1n) is 5.97. The van der Waals surface area contributed by atoms with Gasteiger partial charge >= 0.3 is 11.9 Å². The van der Waals surface area contributed by atoms with E-state index in [1.165, 1.54) is 25.1 Å². The van der Waals surface area contributed by atoms with E-state index >= 15 is 0 Å². The number of methoxy groups -OCH3 is 1. The SMILES string of the molecule is COC(=O)c1cncc(Sc2ccc(CC(=O)O)cc2)n1. The van der Waals surface area contributed by atoms with Gasteiger partial charge < -0.3 is 9.84 Å². The van der Waals surface area contributed by atoms with Crippen LogP contribution in [0.4, 0.5) is 0 Å². The third-order valence-corrected chi connectivity index (χ3v) is 3.42. The van der Waals surface area contributed by atoms with Crippen molar-refractivity contribution < 1.29 is 19.4 Å². The van der Waals surface area contributed by atoms with Gasteiger partial charge in [-0.3, -0.25) is 9.78 Å². The summed E-state index contributed by atoms with van der Waals surface area (Å²) in [7, 11) is 1.28. The molecule has 0 fully saturated rings. The highest BCUT2D eigenvalue weighted by atomic mass is 32.2. The van der Waals surface area contributed by atoms with Crippen LogP contribution in [0.3, 0.4) is 0 Å². The van der Waals surface area contributed by atoms with Crippen molar-refractivity contribution in [3.63, 3.8) is 0 Å². The number of carbonyl (C=O) groups excluding carboxylic acids is 1. The third-order valence-electron chi connectivity index (χ3n) is 2.51. The molecule has 1 heterocycles. The molecule has 0 aliphatic rings. The van der Waals surface area contributed by atoms with Crippen molar-refractivity contribution in [3.05, 3.63) is 47.9 Å². The molecule has 7 heteroatoms. The van der Waals surface area contributed by atoms with E-state index in [1.54, 1.807) is 30.5 Å². The van der Waals surface area contributed by atoms with E-state index in [-0.39, 0.29) is 12.1 Å². The number of aromatic nitrogens is 2. The van der Waals surface area contributed by atoms with Crippen molar-refractivity contribution in [1.29, 1.82) is 0 Å². The number of aliphatic carboxylic acids is 1. The summed E-state index contributed by atoms with van der Waals surface area (Å²) in [6.45, 7) is 0. The summed E-state index contributed by atoms with van der Waals surface area (Å²) < 4.78 is 4.59. The monoisotopic (exact) mass is 304 g/mol. The standard InChI is InChI=1S/C14H12N2O4S/c1-20-14(19)11-7-15-8-12(16-11)21-10-4-2-9(3-5-10)6-13(17)18/h2-5,7-8H,6H2,1H3,(H,17,18). The summed E-state index contributed by atoms with van der Waals surface area (Å²) in [5, 5.41) is 9.27. The van der Waals surface area contributed by atoms with E-state index < -0.39 is 11.9 Å². The average molecular weight is 304 g/mol. The molecule has 0 amide bonds. The smallest absolute Gasteiger partial charge is 0.358 e. The second-order valence-corrected chi connectivity index (χ2v) is 5.14. The van der Waals surface area contributed by atoms with Crippen molar-refractivity contribution in [2.75, 3.05) is 7.11 Å². The van der Waals surface area contributed by atoms with Gasteiger partial charge in [0.25, 0.3) is 0 Å². The van der Waals surface area contributed by atoms with Crippen molar-refractivity contribution in [2.45, 2.75) is 16.3 Å². The van der Waals surface area contributed by atoms with Crippen LogP contribution in [0.15, 0.2) is 46.6 Å². The molecule has 0 aliphatic heterocycles. The van der Waals surface area contributed by atoms with Gasteiger partial charge in [-0.25, -0.2) is 9.78 Å². The summed E-state index contributed by atoms with van der Waals surface area (Å²) in [6, 6.07) is 7.09. The summed E-state index contributed by atoms with van der Waals surface area (Å²) in [4.78, 5) is 30.9. The van der Waals surface area contributed by atoms with E-state index in [1.807, 2.05) is 0 Å². The van der Waals surface area contributed by atoms with Gasteiger partial charge in [0, 0.05) is 4.90 Å². The average Bonchev–Trinajstić information content (AvgIpc) is 2.48. The van der Waals surface area contributed by atoms with Crippen molar-refractivity contribution in [3.8, 4) is 0 Å². The Labute approximate surface area is 125 Å². The van der Waals surface area contributed by atoms with Crippen LogP contribution < -0.4 is 0 Å². The zero-order valence-electron chi connectivity index (χ0n) is 11.1. The lowest BCUT2D eigenvalue weighted by Gasteiger charge is -2.03. The maximum Gasteiger partial charge on any atom is 0.358 e. The number of carbonyl (C=O) groups is 2. The molecule has 0 spiro atoms. The zero-order chi connectivity index (χ0) is 15.2. The number of ether oxygens (including phenoxy) is 1. The number of benzene rings is 1. The Kier molecular flexibility index (Phi) is 4.89. The summed E-state index contributed by atoms with van der Waals surface area (Å²) in [6.07, 6.45) is 2.87. The summed E-state index contributed by atoms with van der Waals surface area (Å²) >= 11 is 1.33. The normalized spacial score (nSPS) is 10.1. The summed E-state index contributed by atoms with van der Waals surface area (Å²) in [5.74, 6) is -1.41. The van der Waals surface area contributed by atoms with E-state index in [0.29, 0.717) is 5.03 Å². The van der Waals surface area contributed by atoms with E-state index in [2.05, 4.69) is 14.7 Å². The van der Waals surface area contributed by atoms with Gasteiger partial charge in [-0.2, -0.15) is 0 Å². The molecule has 2 rings (SSSR count). The first-order valence-corrected chi connectivity index (χ1v) is 6.79. The highest BCUT2D eigenvalue weighted by molar-refractivity contribution is 7.99. The van der Waals surface area contributed by atoms with E-state index in [0.717, 1.165) is 10.5 Å². The lowest BCUT2D eigenvalue weighted by atomic mass is 10.2. The number of carboxylic acids is 1. The quantitative estimate of drug-likeness (QED) is 0.845. The van der Waals surface area contributed by atoms with Crippen LogP contribution in [0.1, 0.15) is 16.1 Å². The second kappa shape index (κ2) is 6.85. The van der Waals surface area contributed by atoms with E-state index in [9.17, 15) is 9.59 Å². The van der Waals surface area contributed by atoms with Gasteiger partial charge in [0.05, 0.1) is 25.9 Å². The number of esters is 1. The second-order valence-electron chi connectivity index (χ2n) is 4.05. The third kappa shape index (κ3) is 4.28. The molecule has 0 saturated heterocycles. The molecule has 21 heavy (non-hydrogen) atoms. The molecule has 2 aromatic rings. The van der Waals surface area contributed by atoms with Crippen LogP contribution in [0.5, 0.6) is 0 Å². The van der Waals surface area contributed by atoms with Gasteiger partial charge in [0.1, 0.15) is 5.03 Å². The Morgan fingerprint density at radius 2 is 1.95 bits per heavy atom. The molecule has 1 N–H and O–H groups in total. The minimum atomic E-state index is -0.868. The molecular formula is C14H12N2O4S. The van der Waals surface area contributed by atoms with Crippen molar-refractivity contribution >= 4 is 23.7 Å². The lowest BCUT2D eigenvalue weighted by molar-refractivity contribution is -0.136. The van der Waals surface area contributed by atoms with Crippen LogP contribution in [-0.2, 0) is 16.0 Å². The van der Waals surface area contributed by atoms with E-state index in [4.69, 9.17) is 5.11 Å².